The fraction of sp³-hybridized carbons (Fsp3) is 0.667. The Labute approximate surface area is 124 Å². The van der Waals surface area contributed by atoms with Crippen molar-refractivity contribution >= 4 is 16.0 Å². The molecule has 1 aliphatic rings. The quantitative estimate of drug-likeness (QED) is 0.763. The summed E-state index contributed by atoms with van der Waals surface area (Å²) in [4.78, 5) is 14.0. The van der Waals surface area contributed by atoms with E-state index in [4.69, 9.17) is 4.74 Å². The van der Waals surface area contributed by atoms with E-state index in [1.54, 1.807) is 6.92 Å². The highest BCUT2D eigenvalue weighted by molar-refractivity contribution is 7.89. The number of aromatic amines is 1. The van der Waals surface area contributed by atoms with Gasteiger partial charge in [0.1, 0.15) is 5.56 Å². The van der Waals surface area contributed by atoms with Crippen LogP contribution in [0, 0.1) is 0 Å². The van der Waals surface area contributed by atoms with E-state index < -0.39 is 16.0 Å². The van der Waals surface area contributed by atoms with E-state index in [2.05, 4.69) is 15.1 Å². The third-order valence-corrected chi connectivity index (χ3v) is 5.35. The average molecular weight is 316 g/mol. The zero-order valence-corrected chi connectivity index (χ0v) is 13.0. The second-order valence-electron chi connectivity index (χ2n) is 4.67. The third-order valence-electron chi connectivity index (χ3n) is 3.48. The Kier molecular flexibility index (Phi) is 4.96. The van der Waals surface area contributed by atoms with Gasteiger partial charge in [0.15, 0.2) is 5.03 Å². The number of carbonyl (C=O) groups excluding carboxylic acids is 1. The van der Waals surface area contributed by atoms with Crippen molar-refractivity contribution in [2.75, 3.05) is 39.3 Å². The number of sulfonamides is 1. The number of hydrogen-bond donors (Lipinski definition) is 1. The molecule has 0 aromatic carbocycles. The molecule has 21 heavy (non-hydrogen) atoms. The first kappa shape index (κ1) is 15.9. The molecule has 0 spiro atoms. The Morgan fingerprint density at radius 3 is 2.57 bits per heavy atom. The molecule has 0 amide bonds. The monoisotopic (exact) mass is 316 g/mol. The minimum atomic E-state index is -3.76. The Morgan fingerprint density at radius 1 is 1.33 bits per heavy atom. The largest absolute Gasteiger partial charge is 0.462 e. The predicted molar refractivity (Wildman–Crippen MR) is 75.4 cm³/mol. The van der Waals surface area contributed by atoms with Gasteiger partial charge in [-0.05, 0) is 13.5 Å². The SMILES string of the molecule is CCOC(=O)c1cn[nH]c1S(=O)(=O)N1CCN(CC)CC1. The number of aromatic nitrogens is 2. The van der Waals surface area contributed by atoms with Gasteiger partial charge in [0.25, 0.3) is 10.0 Å². The van der Waals surface area contributed by atoms with Gasteiger partial charge < -0.3 is 9.64 Å². The molecule has 1 aromatic rings. The van der Waals surface area contributed by atoms with Gasteiger partial charge in [-0.3, -0.25) is 5.10 Å². The van der Waals surface area contributed by atoms with Crippen molar-refractivity contribution in [1.29, 1.82) is 0 Å². The third kappa shape index (κ3) is 3.25. The number of ether oxygens (including phenoxy) is 1. The summed E-state index contributed by atoms with van der Waals surface area (Å²) < 4.78 is 31.4. The van der Waals surface area contributed by atoms with Crippen LogP contribution in [0.25, 0.3) is 0 Å². The minimum absolute atomic E-state index is 0.0465. The Hall–Kier alpha value is -1.45. The van der Waals surface area contributed by atoms with Crippen LogP contribution in [0.5, 0.6) is 0 Å². The molecule has 0 atom stereocenters. The second-order valence-corrected chi connectivity index (χ2v) is 6.55. The van der Waals surface area contributed by atoms with E-state index >= 15 is 0 Å². The zero-order chi connectivity index (χ0) is 15.5. The van der Waals surface area contributed by atoms with Gasteiger partial charge >= 0.3 is 5.97 Å². The van der Waals surface area contributed by atoms with Crippen molar-refractivity contribution < 1.29 is 17.9 Å². The van der Waals surface area contributed by atoms with Crippen LogP contribution in [-0.2, 0) is 14.8 Å². The van der Waals surface area contributed by atoms with Gasteiger partial charge in [0, 0.05) is 26.2 Å². The van der Waals surface area contributed by atoms with Crippen LogP contribution in [0.1, 0.15) is 24.2 Å². The van der Waals surface area contributed by atoms with Crippen LogP contribution in [0.2, 0.25) is 0 Å². The predicted octanol–water partition coefficient (Wildman–Crippen LogP) is -0.0874. The first-order valence-electron chi connectivity index (χ1n) is 6.93. The van der Waals surface area contributed by atoms with Crippen LogP contribution in [0.3, 0.4) is 0 Å². The molecular formula is C12H20N4O4S. The van der Waals surface area contributed by atoms with E-state index in [1.165, 1.54) is 10.5 Å². The smallest absolute Gasteiger partial charge is 0.342 e. The average Bonchev–Trinajstić information content (AvgIpc) is 2.98. The molecule has 1 aromatic heterocycles. The van der Waals surface area contributed by atoms with E-state index in [1.807, 2.05) is 6.92 Å². The molecule has 8 nitrogen and oxygen atoms in total. The van der Waals surface area contributed by atoms with Crippen molar-refractivity contribution in [2.24, 2.45) is 0 Å². The van der Waals surface area contributed by atoms with Gasteiger partial charge in [-0.1, -0.05) is 6.92 Å². The standard InChI is InChI=1S/C12H20N4O4S/c1-3-15-5-7-16(8-6-15)21(18,19)11-10(9-13-14-11)12(17)20-4-2/h9H,3-8H2,1-2H3,(H,13,14). The first-order chi connectivity index (χ1) is 10.0. The Morgan fingerprint density at radius 2 is 2.00 bits per heavy atom. The van der Waals surface area contributed by atoms with E-state index in [-0.39, 0.29) is 17.2 Å². The molecule has 1 fully saturated rings. The highest BCUT2D eigenvalue weighted by Gasteiger charge is 2.33. The molecule has 1 N–H and O–H groups in total. The van der Waals surface area contributed by atoms with Crippen molar-refractivity contribution in [2.45, 2.75) is 18.9 Å². The lowest BCUT2D eigenvalue weighted by molar-refractivity contribution is 0.0521. The van der Waals surface area contributed by atoms with Crippen molar-refractivity contribution in [3.63, 3.8) is 0 Å². The number of H-pyrrole nitrogens is 1. The summed E-state index contributed by atoms with van der Waals surface area (Å²) in [7, 11) is -3.76. The number of nitrogens with one attached hydrogen (secondary N) is 1. The molecule has 118 valence electrons. The van der Waals surface area contributed by atoms with Gasteiger partial charge in [-0.25, -0.2) is 13.2 Å². The molecule has 0 radical (unpaired) electrons. The topological polar surface area (TPSA) is 95.6 Å². The minimum Gasteiger partial charge on any atom is -0.462 e. The summed E-state index contributed by atoms with van der Waals surface area (Å²) in [6.07, 6.45) is 1.19. The number of rotatable bonds is 5. The summed E-state index contributed by atoms with van der Waals surface area (Å²) in [6, 6.07) is 0. The van der Waals surface area contributed by atoms with Crippen LogP contribution < -0.4 is 0 Å². The fourth-order valence-corrected chi connectivity index (χ4v) is 3.72. The zero-order valence-electron chi connectivity index (χ0n) is 12.2. The van der Waals surface area contributed by atoms with E-state index in [0.29, 0.717) is 26.2 Å². The normalized spacial score (nSPS) is 17.8. The van der Waals surface area contributed by atoms with E-state index in [9.17, 15) is 13.2 Å². The number of likely N-dealkylation sites (N-methyl/N-ethyl adjacent to an activating group) is 1. The highest BCUT2D eigenvalue weighted by Crippen LogP contribution is 2.19. The van der Waals surface area contributed by atoms with Gasteiger partial charge in [-0.15, -0.1) is 0 Å². The van der Waals surface area contributed by atoms with Crippen LogP contribution in [0.15, 0.2) is 11.2 Å². The Bertz CT molecular complexity index is 590. The summed E-state index contributed by atoms with van der Waals surface area (Å²) >= 11 is 0. The van der Waals surface area contributed by atoms with Crippen LogP contribution in [-0.4, -0.2) is 73.1 Å². The lowest BCUT2D eigenvalue weighted by atomic mass is 10.4. The van der Waals surface area contributed by atoms with Gasteiger partial charge in [-0.2, -0.15) is 9.40 Å². The number of esters is 1. The molecule has 0 bridgehead atoms. The maximum absolute atomic E-state index is 12.6. The van der Waals surface area contributed by atoms with E-state index in [0.717, 1.165) is 6.54 Å². The molecule has 2 heterocycles. The molecule has 1 saturated heterocycles. The maximum atomic E-state index is 12.6. The fourth-order valence-electron chi connectivity index (χ4n) is 2.24. The van der Waals surface area contributed by atoms with Crippen molar-refractivity contribution in [3.05, 3.63) is 11.8 Å². The summed E-state index contributed by atoms with van der Waals surface area (Å²) in [6.45, 7) is 6.94. The number of piperazine rings is 1. The van der Waals surface area contributed by atoms with Crippen molar-refractivity contribution in [1.82, 2.24) is 19.4 Å². The summed E-state index contributed by atoms with van der Waals surface area (Å²) in [5, 5.41) is 5.90. The maximum Gasteiger partial charge on any atom is 0.342 e. The lowest BCUT2D eigenvalue weighted by Gasteiger charge is -2.32. The van der Waals surface area contributed by atoms with Crippen LogP contribution in [0.4, 0.5) is 0 Å². The molecule has 0 saturated carbocycles. The lowest BCUT2D eigenvalue weighted by Crippen LogP contribution is -2.48. The molecule has 0 aliphatic carbocycles. The first-order valence-corrected chi connectivity index (χ1v) is 8.37. The van der Waals surface area contributed by atoms with Gasteiger partial charge in [0.2, 0.25) is 0 Å². The van der Waals surface area contributed by atoms with Gasteiger partial charge in [0.05, 0.1) is 12.8 Å². The molecular weight excluding hydrogens is 296 g/mol. The van der Waals surface area contributed by atoms with Crippen molar-refractivity contribution in [3.8, 4) is 0 Å². The Balaban J connectivity index is 2.21. The van der Waals surface area contributed by atoms with Crippen LogP contribution >= 0.6 is 0 Å². The number of carbonyl (C=O) groups is 1. The highest BCUT2D eigenvalue weighted by atomic mass is 32.2. The number of nitrogens with zero attached hydrogens (tertiary/aromatic N) is 3. The summed E-state index contributed by atoms with van der Waals surface area (Å²) in [5.74, 6) is -0.683. The molecule has 1 aliphatic heterocycles. The molecule has 2 rings (SSSR count). The summed E-state index contributed by atoms with van der Waals surface area (Å²) in [5.41, 5.74) is -0.0465. The second kappa shape index (κ2) is 6.54. The number of hydrogen-bond acceptors (Lipinski definition) is 6. The molecule has 9 heteroatoms. The molecule has 0 unspecified atom stereocenters.